The second-order valence-electron chi connectivity index (χ2n) is 7.35. The minimum absolute atomic E-state index is 0.0367. The van der Waals surface area contributed by atoms with Crippen molar-refractivity contribution in [2.24, 2.45) is 5.73 Å². The molecule has 3 N–H and O–H groups in total. The molecule has 0 aromatic heterocycles. The number of amides is 3. The lowest BCUT2D eigenvalue weighted by molar-refractivity contribution is -0.135. The molecule has 26 heavy (non-hydrogen) atoms. The number of hydrogen-bond acceptors (Lipinski definition) is 4. The van der Waals surface area contributed by atoms with Gasteiger partial charge in [-0.3, -0.25) is 19.3 Å². The van der Waals surface area contributed by atoms with Crippen LogP contribution in [-0.4, -0.2) is 65.8 Å². The molecular formula is C19H28N4O3. The van der Waals surface area contributed by atoms with Gasteiger partial charge in [-0.1, -0.05) is 17.2 Å². The smallest absolute Gasteiger partial charge is 0.251 e. The van der Waals surface area contributed by atoms with E-state index in [4.69, 9.17) is 5.73 Å². The molecular weight excluding hydrogens is 332 g/mol. The minimum atomic E-state index is -0.730. The van der Waals surface area contributed by atoms with E-state index in [2.05, 4.69) is 5.32 Å². The Kier molecular flexibility index (Phi) is 6.02. The first kappa shape index (κ1) is 19.9. The molecule has 1 aliphatic rings. The lowest BCUT2D eigenvalue weighted by Crippen LogP contribution is -2.60. The van der Waals surface area contributed by atoms with E-state index < -0.39 is 5.54 Å². The number of primary amides is 1. The van der Waals surface area contributed by atoms with Crippen molar-refractivity contribution in [1.82, 2.24) is 15.1 Å². The van der Waals surface area contributed by atoms with Crippen LogP contribution in [-0.2, 0) is 9.59 Å². The van der Waals surface area contributed by atoms with Crippen LogP contribution in [0.3, 0.4) is 0 Å². The number of nitrogens with zero attached hydrogens (tertiary/aromatic N) is 2. The first-order valence-electron chi connectivity index (χ1n) is 8.80. The molecule has 1 saturated heterocycles. The van der Waals surface area contributed by atoms with Crippen LogP contribution in [0, 0.1) is 13.8 Å². The Hall–Kier alpha value is -2.41. The highest BCUT2D eigenvalue weighted by Gasteiger charge is 2.35. The van der Waals surface area contributed by atoms with Crippen LogP contribution in [0.2, 0.25) is 0 Å². The normalized spacial score (nSPS) is 15.6. The van der Waals surface area contributed by atoms with Crippen LogP contribution in [0.1, 0.15) is 35.3 Å². The molecule has 0 atom stereocenters. The lowest BCUT2D eigenvalue weighted by Gasteiger charge is -2.42. The summed E-state index contributed by atoms with van der Waals surface area (Å²) in [5.41, 5.74) is 7.29. The zero-order valence-corrected chi connectivity index (χ0v) is 16.0. The number of nitrogens with one attached hydrogen (secondary N) is 1. The SMILES string of the molecule is Cc1cc(C)cc(C(=O)NCC(=O)N2CCN(C(C)(C)C(N)=O)CC2)c1. The summed E-state index contributed by atoms with van der Waals surface area (Å²) < 4.78 is 0. The molecule has 1 aromatic carbocycles. The van der Waals surface area contributed by atoms with Crippen molar-refractivity contribution in [2.45, 2.75) is 33.2 Å². The summed E-state index contributed by atoms with van der Waals surface area (Å²) in [6.07, 6.45) is 0. The fourth-order valence-electron chi connectivity index (χ4n) is 3.15. The Morgan fingerprint density at radius 2 is 1.58 bits per heavy atom. The molecule has 7 heteroatoms. The molecule has 1 fully saturated rings. The van der Waals surface area contributed by atoms with Crippen LogP contribution < -0.4 is 11.1 Å². The molecule has 0 saturated carbocycles. The average molecular weight is 360 g/mol. The Labute approximate surface area is 154 Å². The van der Waals surface area contributed by atoms with Crippen molar-refractivity contribution >= 4 is 17.7 Å². The van der Waals surface area contributed by atoms with Gasteiger partial charge in [0, 0.05) is 31.7 Å². The van der Waals surface area contributed by atoms with Crippen LogP contribution >= 0.6 is 0 Å². The summed E-state index contributed by atoms with van der Waals surface area (Å²) in [6, 6.07) is 5.60. The number of carbonyl (C=O) groups is 3. The number of nitrogens with two attached hydrogens (primary N) is 1. The third kappa shape index (κ3) is 4.60. The Morgan fingerprint density at radius 3 is 2.08 bits per heavy atom. The second kappa shape index (κ2) is 7.86. The summed E-state index contributed by atoms with van der Waals surface area (Å²) in [7, 11) is 0. The molecule has 3 amide bonds. The van der Waals surface area contributed by atoms with E-state index >= 15 is 0 Å². The van der Waals surface area contributed by atoms with E-state index in [1.165, 1.54) is 0 Å². The molecule has 0 radical (unpaired) electrons. The van der Waals surface area contributed by atoms with Crippen LogP contribution in [0.15, 0.2) is 18.2 Å². The van der Waals surface area contributed by atoms with Crippen molar-refractivity contribution in [3.8, 4) is 0 Å². The van der Waals surface area contributed by atoms with E-state index in [1.807, 2.05) is 24.8 Å². The third-order valence-electron chi connectivity index (χ3n) is 4.91. The molecule has 0 bridgehead atoms. The molecule has 0 aliphatic carbocycles. The van der Waals surface area contributed by atoms with Crippen LogP contribution in [0.5, 0.6) is 0 Å². The number of aryl methyl sites for hydroxylation is 2. The maximum absolute atomic E-state index is 12.4. The van der Waals surface area contributed by atoms with Gasteiger partial charge in [0.25, 0.3) is 5.91 Å². The number of piperazine rings is 1. The van der Waals surface area contributed by atoms with E-state index in [-0.39, 0.29) is 24.3 Å². The number of hydrogen-bond donors (Lipinski definition) is 2. The predicted octanol–water partition coefficient (Wildman–Crippen LogP) is 0.441. The van der Waals surface area contributed by atoms with Crippen LogP contribution in [0.4, 0.5) is 0 Å². The fourth-order valence-corrected chi connectivity index (χ4v) is 3.15. The van der Waals surface area contributed by atoms with E-state index in [1.54, 1.807) is 30.9 Å². The summed E-state index contributed by atoms with van der Waals surface area (Å²) in [5, 5.41) is 2.69. The molecule has 1 heterocycles. The number of benzene rings is 1. The van der Waals surface area contributed by atoms with Crippen molar-refractivity contribution in [1.29, 1.82) is 0 Å². The van der Waals surface area contributed by atoms with Gasteiger partial charge in [-0.15, -0.1) is 0 Å². The maximum atomic E-state index is 12.4. The summed E-state index contributed by atoms with van der Waals surface area (Å²) in [6.45, 7) is 9.58. The molecule has 1 aromatic rings. The van der Waals surface area contributed by atoms with Crippen molar-refractivity contribution < 1.29 is 14.4 Å². The van der Waals surface area contributed by atoms with Gasteiger partial charge in [0.05, 0.1) is 12.1 Å². The maximum Gasteiger partial charge on any atom is 0.251 e. The molecule has 142 valence electrons. The molecule has 7 nitrogen and oxygen atoms in total. The second-order valence-corrected chi connectivity index (χ2v) is 7.35. The third-order valence-corrected chi connectivity index (χ3v) is 4.91. The monoisotopic (exact) mass is 360 g/mol. The highest BCUT2D eigenvalue weighted by molar-refractivity contribution is 5.96. The zero-order chi connectivity index (χ0) is 19.5. The first-order valence-corrected chi connectivity index (χ1v) is 8.80. The quantitative estimate of drug-likeness (QED) is 0.796. The molecule has 0 unspecified atom stereocenters. The highest BCUT2D eigenvalue weighted by atomic mass is 16.2. The van der Waals surface area contributed by atoms with Crippen molar-refractivity contribution in [3.63, 3.8) is 0 Å². The topological polar surface area (TPSA) is 95.7 Å². The van der Waals surface area contributed by atoms with Gasteiger partial charge in [0.15, 0.2) is 0 Å². The molecule has 1 aliphatic heterocycles. The standard InChI is InChI=1S/C19H28N4O3/c1-13-9-14(2)11-15(10-13)17(25)21-12-16(24)22-5-7-23(8-6-22)19(3,4)18(20)26/h9-11H,5-8,12H2,1-4H3,(H2,20,26)(H,21,25). The van der Waals surface area contributed by atoms with E-state index in [0.717, 1.165) is 11.1 Å². The molecule has 0 spiro atoms. The average Bonchev–Trinajstić information content (AvgIpc) is 2.58. The first-order chi connectivity index (χ1) is 12.1. The van der Waals surface area contributed by atoms with Gasteiger partial charge in [0.2, 0.25) is 11.8 Å². The summed E-state index contributed by atoms with van der Waals surface area (Å²) in [5.74, 6) is -0.754. The summed E-state index contributed by atoms with van der Waals surface area (Å²) in [4.78, 5) is 39.8. The van der Waals surface area contributed by atoms with Gasteiger partial charge in [-0.25, -0.2) is 0 Å². The molecule has 2 rings (SSSR count). The van der Waals surface area contributed by atoms with Crippen molar-refractivity contribution in [3.05, 3.63) is 34.9 Å². The van der Waals surface area contributed by atoms with Gasteiger partial charge < -0.3 is 16.0 Å². The van der Waals surface area contributed by atoms with Gasteiger partial charge in [-0.05, 0) is 39.8 Å². The Balaban J connectivity index is 1.86. The largest absolute Gasteiger partial charge is 0.368 e. The van der Waals surface area contributed by atoms with Crippen LogP contribution in [0.25, 0.3) is 0 Å². The fraction of sp³-hybridized carbons (Fsp3) is 0.526. The van der Waals surface area contributed by atoms with Gasteiger partial charge in [-0.2, -0.15) is 0 Å². The minimum Gasteiger partial charge on any atom is -0.368 e. The number of rotatable bonds is 5. The van der Waals surface area contributed by atoms with Crippen molar-refractivity contribution in [2.75, 3.05) is 32.7 Å². The van der Waals surface area contributed by atoms with E-state index in [0.29, 0.717) is 31.7 Å². The van der Waals surface area contributed by atoms with Gasteiger partial charge >= 0.3 is 0 Å². The Bertz CT molecular complexity index is 686. The van der Waals surface area contributed by atoms with E-state index in [9.17, 15) is 14.4 Å². The predicted molar refractivity (Wildman–Crippen MR) is 99.7 cm³/mol. The summed E-state index contributed by atoms with van der Waals surface area (Å²) >= 11 is 0. The lowest BCUT2D eigenvalue weighted by atomic mass is 10.0. The number of carbonyl (C=O) groups excluding carboxylic acids is 3. The van der Waals surface area contributed by atoms with Gasteiger partial charge in [0.1, 0.15) is 0 Å². The zero-order valence-electron chi connectivity index (χ0n) is 16.0. The highest BCUT2D eigenvalue weighted by Crippen LogP contribution is 2.16. The Morgan fingerprint density at radius 1 is 1.04 bits per heavy atom.